The fraction of sp³-hybridized carbons (Fsp3) is 0.688. The number of methoxy groups -OCH3 is 1. The summed E-state index contributed by atoms with van der Waals surface area (Å²) in [5.74, 6) is 0.815. The van der Waals surface area contributed by atoms with Gasteiger partial charge in [0.25, 0.3) is 0 Å². The minimum Gasteiger partial charge on any atom is -0.489 e. The van der Waals surface area contributed by atoms with Gasteiger partial charge in [-0.15, -0.1) is 0 Å². The summed E-state index contributed by atoms with van der Waals surface area (Å²) in [5, 5.41) is 3.45. The lowest BCUT2D eigenvalue weighted by Gasteiger charge is -2.21. The van der Waals surface area contributed by atoms with E-state index in [0.29, 0.717) is 19.8 Å². The monoisotopic (exact) mass is 296 g/mol. The van der Waals surface area contributed by atoms with Crippen molar-refractivity contribution < 1.29 is 14.2 Å². The first-order chi connectivity index (χ1) is 10.0. The number of nitrogens with one attached hydrogen (secondary N) is 1. The SMILES string of the molecule is COCCCOCCOc1cnccc1CNC(C)(C)C. The van der Waals surface area contributed by atoms with E-state index in [9.17, 15) is 0 Å². The number of hydrogen-bond acceptors (Lipinski definition) is 5. The maximum absolute atomic E-state index is 5.75. The smallest absolute Gasteiger partial charge is 0.142 e. The first-order valence-electron chi connectivity index (χ1n) is 7.40. The topological polar surface area (TPSA) is 52.6 Å². The van der Waals surface area contributed by atoms with Crippen LogP contribution in [0, 0.1) is 0 Å². The summed E-state index contributed by atoms with van der Waals surface area (Å²) in [6.45, 7) is 9.71. The maximum Gasteiger partial charge on any atom is 0.142 e. The number of pyridine rings is 1. The predicted octanol–water partition coefficient (Wildman–Crippen LogP) is 2.40. The first kappa shape index (κ1) is 17.9. The van der Waals surface area contributed by atoms with E-state index in [2.05, 4.69) is 31.1 Å². The van der Waals surface area contributed by atoms with Crippen LogP contribution in [0.1, 0.15) is 32.8 Å². The fourth-order valence-corrected chi connectivity index (χ4v) is 1.66. The van der Waals surface area contributed by atoms with Crippen molar-refractivity contribution in [3.05, 3.63) is 24.0 Å². The van der Waals surface area contributed by atoms with Crippen LogP contribution in [0.15, 0.2) is 18.5 Å². The number of hydrogen-bond donors (Lipinski definition) is 1. The highest BCUT2D eigenvalue weighted by atomic mass is 16.5. The van der Waals surface area contributed by atoms with Crippen LogP contribution in [0.2, 0.25) is 0 Å². The van der Waals surface area contributed by atoms with Crippen LogP contribution in [0.3, 0.4) is 0 Å². The molecule has 1 heterocycles. The molecule has 0 saturated heterocycles. The zero-order chi connectivity index (χ0) is 15.6. The van der Waals surface area contributed by atoms with Crippen molar-refractivity contribution in [2.75, 3.05) is 33.5 Å². The van der Waals surface area contributed by atoms with Gasteiger partial charge in [0, 0.05) is 44.2 Å². The van der Waals surface area contributed by atoms with Crippen LogP contribution in [0.4, 0.5) is 0 Å². The zero-order valence-electron chi connectivity index (χ0n) is 13.6. The molecule has 0 aliphatic carbocycles. The van der Waals surface area contributed by atoms with Gasteiger partial charge in [-0.05, 0) is 33.3 Å². The van der Waals surface area contributed by atoms with Crippen LogP contribution in [-0.4, -0.2) is 44.1 Å². The Bertz CT molecular complexity index is 391. The Balaban J connectivity index is 2.31. The number of nitrogens with zero attached hydrogens (tertiary/aromatic N) is 1. The van der Waals surface area contributed by atoms with E-state index >= 15 is 0 Å². The van der Waals surface area contributed by atoms with E-state index in [-0.39, 0.29) is 5.54 Å². The molecule has 1 aromatic heterocycles. The Morgan fingerprint density at radius 2 is 1.95 bits per heavy atom. The molecule has 21 heavy (non-hydrogen) atoms. The lowest BCUT2D eigenvalue weighted by molar-refractivity contribution is 0.0803. The Morgan fingerprint density at radius 3 is 2.67 bits per heavy atom. The summed E-state index contributed by atoms with van der Waals surface area (Å²) in [6, 6.07) is 1.98. The predicted molar refractivity (Wildman–Crippen MR) is 83.6 cm³/mol. The van der Waals surface area contributed by atoms with Gasteiger partial charge in [-0.1, -0.05) is 0 Å². The largest absolute Gasteiger partial charge is 0.489 e. The van der Waals surface area contributed by atoms with Gasteiger partial charge in [0.1, 0.15) is 12.4 Å². The summed E-state index contributed by atoms with van der Waals surface area (Å²) in [6.07, 6.45) is 4.45. The zero-order valence-corrected chi connectivity index (χ0v) is 13.6. The van der Waals surface area contributed by atoms with Gasteiger partial charge in [0.15, 0.2) is 0 Å². The van der Waals surface area contributed by atoms with E-state index in [1.807, 2.05) is 6.07 Å². The minimum absolute atomic E-state index is 0.0744. The van der Waals surface area contributed by atoms with E-state index in [0.717, 1.165) is 30.9 Å². The van der Waals surface area contributed by atoms with Gasteiger partial charge >= 0.3 is 0 Å². The molecule has 0 aliphatic heterocycles. The molecule has 1 aromatic rings. The van der Waals surface area contributed by atoms with Crippen LogP contribution in [0.5, 0.6) is 5.75 Å². The molecular formula is C16H28N2O3. The molecule has 0 fully saturated rings. The second kappa shape index (κ2) is 9.71. The Labute approximate surface area is 128 Å². The maximum atomic E-state index is 5.75. The van der Waals surface area contributed by atoms with Gasteiger partial charge in [-0.25, -0.2) is 0 Å². The molecule has 5 heteroatoms. The molecule has 0 spiro atoms. The van der Waals surface area contributed by atoms with Gasteiger partial charge in [-0.2, -0.15) is 0 Å². The van der Waals surface area contributed by atoms with E-state index in [4.69, 9.17) is 14.2 Å². The normalized spacial score (nSPS) is 11.6. The quantitative estimate of drug-likeness (QED) is 0.672. The molecule has 0 radical (unpaired) electrons. The van der Waals surface area contributed by atoms with Crippen molar-refractivity contribution in [3.8, 4) is 5.75 Å². The van der Waals surface area contributed by atoms with Crippen molar-refractivity contribution in [1.82, 2.24) is 10.3 Å². The standard InChI is InChI=1S/C16H28N2O3/c1-16(2,3)18-12-14-6-7-17-13-15(14)21-11-10-20-9-5-8-19-4/h6-7,13,18H,5,8-12H2,1-4H3. The minimum atomic E-state index is 0.0744. The molecule has 1 N–H and O–H groups in total. The Hall–Kier alpha value is -1.17. The summed E-state index contributed by atoms with van der Waals surface area (Å²) in [5.41, 5.74) is 1.18. The number of ether oxygens (including phenoxy) is 3. The second-order valence-electron chi connectivity index (χ2n) is 5.89. The van der Waals surface area contributed by atoms with E-state index < -0.39 is 0 Å². The molecule has 0 aromatic carbocycles. The Morgan fingerprint density at radius 1 is 1.14 bits per heavy atom. The molecular weight excluding hydrogens is 268 g/mol. The summed E-state index contributed by atoms with van der Waals surface area (Å²) >= 11 is 0. The van der Waals surface area contributed by atoms with Crippen molar-refractivity contribution in [2.45, 2.75) is 39.3 Å². The average Bonchev–Trinajstić information content (AvgIpc) is 2.44. The molecule has 120 valence electrons. The van der Waals surface area contributed by atoms with E-state index in [1.54, 1.807) is 19.5 Å². The van der Waals surface area contributed by atoms with Crippen molar-refractivity contribution in [1.29, 1.82) is 0 Å². The third-order valence-corrected chi connectivity index (χ3v) is 2.80. The molecule has 1 rings (SSSR count). The van der Waals surface area contributed by atoms with Crippen LogP contribution in [-0.2, 0) is 16.0 Å². The molecule has 0 saturated carbocycles. The van der Waals surface area contributed by atoms with Gasteiger partial charge in [0.05, 0.1) is 12.8 Å². The van der Waals surface area contributed by atoms with Crippen molar-refractivity contribution >= 4 is 0 Å². The van der Waals surface area contributed by atoms with Crippen LogP contribution in [0.25, 0.3) is 0 Å². The lowest BCUT2D eigenvalue weighted by Crippen LogP contribution is -2.35. The average molecular weight is 296 g/mol. The highest BCUT2D eigenvalue weighted by molar-refractivity contribution is 5.29. The fourth-order valence-electron chi connectivity index (χ4n) is 1.66. The second-order valence-corrected chi connectivity index (χ2v) is 5.89. The van der Waals surface area contributed by atoms with Crippen LogP contribution < -0.4 is 10.1 Å². The number of aromatic nitrogens is 1. The Kier molecular flexibility index (Phi) is 8.27. The van der Waals surface area contributed by atoms with E-state index in [1.165, 1.54) is 0 Å². The molecule has 0 amide bonds. The third-order valence-electron chi connectivity index (χ3n) is 2.80. The molecule has 0 aliphatic rings. The summed E-state index contributed by atoms with van der Waals surface area (Å²) in [4.78, 5) is 4.12. The first-order valence-corrected chi connectivity index (χ1v) is 7.40. The van der Waals surface area contributed by atoms with Gasteiger partial charge < -0.3 is 19.5 Å². The lowest BCUT2D eigenvalue weighted by atomic mass is 10.1. The summed E-state index contributed by atoms with van der Waals surface area (Å²) < 4.78 is 16.2. The summed E-state index contributed by atoms with van der Waals surface area (Å²) in [7, 11) is 1.69. The highest BCUT2D eigenvalue weighted by Crippen LogP contribution is 2.17. The molecule has 0 unspecified atom stereocenters. The molecule has 0 bridgehead atoms. The van der Waals surface area contributed by atoms with Crippen LogP contribution >= 0.6 is 0 Å². The molecule has 5 nitrogen and oxygen atoms in total. The van der Waals surface area contributed by atoms with Crippen molar-refractivity contribution in [3.63, 3.8) is 0 Å². The highest BCUT2D eigenvalue weighted by Gasteiger charge is 2.10. The third kappa shape index (κ3) is 8.65. The van der Waals surface area contributed by atoms with Gasteiger partial charge in [0.2, 0.25) is 0 Å². The van der Waals surface area contributed by atoms with Crippen molar-refractivity contribution in [2.24, 2.45) is 0 Å². The molecule has 0 atom stereocenters. The van der Waals surface area contributed by atoms with Gasteiger partial charge in [-0.3, -0.25) is 4.98 Å². The number of rotatable bonds is 10.